The molecule has 0 spiro atoms. The highest BCUT2D eigenvalue weighted by molar-refractivity contribution is 8.00. The van der Waals surface area contributed by atoms with E-state index in [2.05, 4.69) is 48.5 Å². The summed E-state index contributed by atoms with van der Waals surface area (Å²) in [6.07, 6.45) is 3.68. The van der Waals surface area contributed by atoms with Crippen molar-refractivity contribution in [1.82, 2.24) is 9.55 Å². The molecule has 1 heterocycles. The van der Waals surface area contributed by atoms with Gasteiger partial charge < -0.3 is 4.57 Å². The van der Waals surface area contributed by atoms with Gasteiger partial charge in [0.05, 0.1) is 0 Å². The number of imidazole rings is 1. The van der Waals surface area contributed by atoms with E-state index in [1.165, 1.54) is 28.8 Å². The number of aryl methyl sites for hydroxylation is 1. The van der Waals surface area contributed by atoms with Crippen molar-refractivity contribution in [3.8, 4) is 0 Å². The second kappa shape index (κ2) is 7.80. The quantitative estimate of drug-likeness (QED) is 0.475. The second-order valence-electron chi connectivity index (χ2n) is 6.62. The minimum Gasteiger partial charge on any atom is -0.330 e. The fraction of sp³-hybridized carbons (Fsp3) is 0.286. The molecule has 0 aliphatic carbocycles. The lowest BCUT2D eigenvalue weighted by Gasteiger charge is -2.18. The van der Waals surface area contributed by atoms with Crippen LogP contribution in [0.25, 0.3) is 0 Å². The molecule has 1 atom stereocenters. The van der Waals surface area contributed by atoms with Gasteiger partial charge in [-0.25, -0.2) is 4.98 Å². The normalized spacial score (nSPS) is 13.0. The third-order valence-corrected chi connectivity index (χ3v) is 5.50. The van der Waals surface area contributed by atoms with Crippen LogP contribution in [0.2, 0.25) is 0 Å². The summed E-state index contributed by atoms with van der Waals surface area (Å²) in [5, 5.41) is 0. The summed E-state index contributed by atoms with van der Waals surface area (Å²) >= 11 is -0.0935. The number of nitrogens with zero attached hydrogens (tertiary/aromatic N) is 2. The molecule has 3 rings (SSSR count). The van der Waals surface area contributed by atoms with Crippen molar-refractivity contribution in [3.63, 3.8) is 0 Å². The van der Waals surface area contributed by atoms with Crippen molar-refractivity contribution in [1.29, 1.82) is 0 Å². The largest absolute Gasteiger partial charge is 0.446 e. The minimum atomic E-state index is -4.26. The van der Waals surface area contributed by atoms with Crippen LogP contribution in [-0.2, 0) is 6.54 Å². The number of alkyl halides is 3. The van der Waals surface area contributed by atoms with Crippen LogP contribution in [0.5, 0.6) is 0 Å². The fourth-order valence-electron chi connectivity index (χ4n) is 3.21. The Balaban J connectivity index is 1.80. The van der Waals surface area contributed by atoms with E-state index in [1.807, 2.05) is 6.20 Å². The minimum absolute atomic E-state index is 0.0935. The third kappa shape index (κ3) is 4.75. The summed E-state index contributed by atoms with van der Waals surface area (Å²) in [5.41, 5.74) is 0.414. The first-order chi connectivity index (χ1) is 12.7. The standard InChI is InChI=1S/C21H21F3N2S/c1-14-5-4-6-19(15(14)2)16(3)20-25-11-12-26(20)13-17-7-9-18(10-8-17)27-21(22,23)24/h4-12,16H,13H2,1-3H3/t16-/m0/s1. The SMILES string of the molecule is Cc1cccc([C@H](C)c2nccn2Cc2ccc(SC(F)(F)F)cc2)c1C. The lowest BCUT2D eigenvalue weighted by atomic mass is 9.93. The number of rotatable bonds is 5. The van der Waals surface area contributed by atoms with Crippen molar-refractivity contribution in [2.75, 3.05) is 0 Å². The molecule has 3 aromatic rings. The Morgan fingerprint density at radius 3 is 2.44 bits per heavy atom. The third-order valence-electron chi connectivity index (χ3n) is 4.76. The van der Waals surface area contributed by atoms with Crippen molar-refractivity contribution < 1.29 is 13.2 Å². The highest BCUT2D eigenvalue weighted by Crippen LogP contribution is 2.36. The van der Waals surface area contributed by atoms with E-state index in [0.29, 0.717) is 6.54 Å². The summed E-state index contributed by atoms with van der Waals surface area (Å²) in [6.45, 7) is 6.91. The zero-order chi connectivity index (χ0) is 19.6. The van der Waals surface area contributed by atoms with E-state index in [9.17, 15) is 13.2 Å². The van der Waals surface area contributed by atoms with Gasteiger partial charge in [0.15, 0.2) is 0 Å². The van der Waals surface area contributed by atoms with Crippen LogP contribution in [0, 0.1) is 13.8 Å². The molecular formula is C21H21F3N2S. The predicted molar refractivity (Wildman–Crippen MR) is 103 cm³/mol. The Kier molecular flexibility index (Phi) is 5.65. The van der Waals surface area contributed by atoms with Crippen molar-refractivity contribution >= 4 is 11.8 Å². The van der Waals surface area contributed by atoms with E-state index < -0.39 is 5.51 Å². The lowest BCUT2D eigenvalue weighted by Crippen LogP contribution is -2.10. The van der Waals surface area contributed by atoms with Gasteiger partial charge in [0.1, 0.15) is 5.82 Å². The molecule has 142 valence electrons. The van der Waals surface area contributed by atoms with Crippen molar-refractivity contribution in [2.24, 2.45) is 0 Å². The van der Waals surface area contributed by atoms with E-state index in [4.69, 9.17) is 0 Å². The first kappa shape index (κ1) is 19.5. The zero-order valence-electron chi connectivity index (χ0n) is 15.4. The number of hydrogen-bond donors (Lipinski definition) is 0. The van der Waals surface area contributed by atoms with Gasteiger partial charge in [0.2, 0.25) is 0 Å². The monoisotopic (exact) mass is 390 g/mol. The number of benzene rings is 2. The Labute approximate surface area is 161 Å². The Bertz CT molecular complexity index is 914. The highest BCUT2D eigenvalue weighted by Gasteiger charge is 2.29. The van der Waals surface area contributed by atoms with Crippen LogP contribution in [0.3, 0.4) is 0 Å². The average Bonchev–Trinajstić information content (AvgIpc) is 3.05. The molecule has 0 saturated heterocycles. The van der Waals surface area contributed by atoms with Gasteiger partial charge in [-0.3, -0.25) is 0 Å². The maximum Gasteiger partial charge on any atom is 0.446 e. The van der Waals surface area contributed by atoms with Crippen molar-refractivity contribution in [2.45, 2.75) is 43.6 Å². The molecule has 2 nitrogen and oxygen atoms in total. The Morgan fingerprint density at radius 2 is 1.78 bits per heavy atom. The van der Waals surface area contributed by atoms with Crippen LogP contribution in [-0.4, -0.2) is 15.1 Å². The van der Waals surface area contributed by atoms with E-state index in [1.54, 1.807) is 18.3 Å². The smallest absolute Gasteiger partial charge is 0.330 e. The van der Waals surface area contributed by atoms with Crippen LogP contribution in [0.4, 0.5) is 13.2 Å². The first-order valence-electron chi connectivity index (χ1n) is 8.66. The maximum absolute atomic E-state index is 12.5. The Morgan fingerprint density at radius 1 is 1.07 bits per heavy atom. The molecular weight excluding hydrogens is 369 g/mol. The summed E-state index contributed by atoms with van der Waals surface area (Å²) < 4.78 is 39.4. The summed E-state index contributed by atoms with van der Waals surface area (Å²) in [7, 11) is 0. The molecule has 0 unspecified atom stereocenters. The van der Waals surface area contributed by atoms with Gasteiger partial charge in [0.25, 0.3) is 0 Å². The van der Waals surface area contributed by atoms with E-state index in [-0.39, 0.29) is 22.6 Å². The lowest BCUT2D eigenvalue weighted by molar-refractivity contribution is -0.0328. The summed E-state index contributed by atoms with van der Waals surface area (Å²) in [5.74, 6) is 1.07. The fourth-order valence-corrected chi connectivity index (χ4v) is 3.75. The number of halogens is 3. The van der Waals surface area contributed by atoms with Crippen molar-refractivity contribution in [3.05, 3.63) is 82.9 Å². The van der Waals surface area contributed by atoms with Gasteiger partial charge in [-0.2, -0.15) is 13.2 Å². The highest BCUT2D eigenvalue weighted by atomic mass is 32.2. The first-order valence-corrected chi connectivity index (χ1v) is 9.48. The van der Waals surface area contributed by atoms with E-state index in [0.717, 1.165) is 11.4 Å². The second-order valence-corrected chi connectivity index (χ2v) is 7.75. The van der Waals surface area contributed by atoms with Crippen LogP contribution >= 0.6 is 11.8 Å². The predicted octanol–water partition coefficient (Wildman–Crippen LogP) is 6.31. The molecule has 0 aliphatic rings. The number of thioether (sulfide) groups is 1. The summed E-state index contributed by atoms with van der Waals surface area (Å²) in [4.78, 5) is 4.73. The maximum atomic E-state index is 12.5. The molecule has 27 heavy (non-hydrogen) atoms. The van der Waals surface area contributed by atoms with Crippen LogP contribution < -0.4 is 0 Å². The molecule has 1 aromatic heterocycles. The molecule has 0 aliphatic heterocycles. The van der Waals surface area contributed by atoms with Gasteiger partial charge in [-0.05, 0) is 60.0 Å². The molecule has 0 saturated carbocycles. The van der Waals surface area contributed by atoms with Crippen LogP contribution in [0.15, 0.2) is 59.8 Å². The van der Waals surface area contributed by atoms with Crippen LogP contribution in [0.1, 0.15) is 40.9 Å². The van der Waals surface area contributed by atoms with Gasteiger partial charge in [-0.1, -0.05) is 37.3 Å². The topological polar surface area (TPSA) is 17.8 Å². The molecule has 0 amide bonds. The summed E-state index contributed by atoms with van der Waals surface area (Å²) in [6, 6.07) is 12.8. The van der Waals surface area contributed by atoms with Gasteiger partial charge in [0, 0.05) is 29.8 Å². The molecule has 6 heteroatoms. The van der Waals surface area contributed by atoms with Gasteiger partial charge >= 0.3 is 5.51 Å². The molecule has 2 aromatic carbocycles. The Hall–Kier alpha value is -2.21. The zero-order valence-corrected chi connectivity index (χ0v) is 16.2. The average molecular weight is 390 g/mol. The number of aromatic nitrogens is 2. The number of hydrogen-bond acceptors (Lipinski definition) is 2. The molecule has 0 bridgehead atoms. The molecule has 0 N–H and O–H groups in total. The molecule has 0 fully saturated rings. The molecule has 0 radical (unpaired) electrons. The van der Waals surface area contributed by atoms with E-state index >= 15 is 0 Å². The van der Waals surface area contributed by atoms with Gasteiger partial charge in [-0.15, -0.1) is 0 Å².